The molecule has 0 heterocycles. The Morgan fingerprint density at radius 3 is 2.48 bits per heavy atom. The third-order valence-corrected chi connectivity index (χ3v) is 3.76. The lowest BCUT2D eigenvalue weighted by Gasteiger charge is -2.08. The second-order valence-corrected chi connectivity index (χ2v) is 6.06. The Morgan fingerprint density at radius 1 is 1.10 bits per heavy atom. The summed E-state index contributed by atoms with van der Waals surface area (Å²) in [5.74, 6) is -0.292. The highest BCUT2D eigenvalue weighted by atomic mass is 32.2. The highest BCUT2D eigenvalue weighted by molar-refractivity contribution is 7.89. The predicted octanol–water partition coefficient (Wildman–Crippen LogP) is 1.10. The van der Waals surface area contributed by atoms with Crippen LogP contribution in [0.25, 0.3) is 0 Å². The SMILES string of the molecule is Nc1ccccc1CC(=O)Nc1cccc(S(N)(=O)=O)c1. The summed E-state index contributed by atoms with van der Waals surface area (Å²) in [6.45, 7) is 0. The molecule has 110 valence electrons. The van der Waals surface area contributed by atoms with Crippen molar-refractivity contribution in [1.29, 1.82) is 0 Å². The van der Waals surface area contributed by atoms with E-state index in [1.807, 2.05) is 0 Å². The van der Waals surface area contributed by atoms with E-state index in [2.05, 4.69) is 5.32 Å². The Bertz CT molecular complexity index is 773. The summed E-state index contributed by atoms with van der Waals surface area (Å²) in [4.78, 5) is 11.9. The van der Waals surface area contributed by atoms with Crippen molar-refractivity contribution in [3.8, 4) is 0 Å². The fourth-order valence-electron chi connectivity index (χ4n) is 1.82. The average Bonchev–Trinajstić information content (AvgIpc) is 2.41. The van der Waals surface area contributed by atoms with Gasteiger partial charge in [0.1, 0.15) is 0 Å². The standard InChI is InChI=1S/C14H15N3O3S/c15-13-7-2-1-4-10(13)8-14(18)17-11-5-3-6-12(9-11)21(16,19)20/h1-7,9H,8,15H2,(H,17,18)(H2,16,19,20). The van der Waals surface area contributed by atoms with E-state index in [1.165, 1.54) is 18.2 Å². The molecule has 0 spiro atoms. The molecule has 0 aliphatic carbocycles. The van der Waals surface area contributed by atoms with E-state index in [-0.39, 0.29) is 17.2 Å². The zero-order valence-corrected chi connectivity index (χ0v) is 11.9. The van der Waals surface area contributed by atoms with Crippen LogP contribution in [0.1, 0.15) is 5.56 Å². The summed E-state index contributed by atoms with van der Waals surface area (Å²) in [5, 5.41) is 7.66. The van der Waals surface area contributed by atoms with Gasteiger partial charge in [-0.25, -0.2) is 13.6 Å². The molecular weight excluding hydrogens is 290 g/mol. The normalized spacial score (nSPS) is 11.1. The van der Waals surface area contributed by atoms with Gasteiger partial charge in [-0.3, -0.25) is 4.79 Å². The molecule has 7 heteroatoms. The molecule has 0 atom stereocenters. The number of amides is 1. The first-order valence-corrected chi connectivity index (χ1v) is 7.67. The van der Waals surface area contributed by atoms with Crippen LogP contribution in [-0.4, -0.2) is 14.3 Å². The summed E-state index contributed by atoms with van der Waals surface area (Å²) < 4.78 is 22.5. The van der Waals surface area contributed by atoms with Gasteiger partial charge in [-0.1, -0.05) is 24.3 Å². The monoisotopic (exact) mass is 305 g/mol. The van der Waals surface area contributed by atoms with Crippen molar-refractivity contribution in [2.24, 2.45) is 5.14 Å². The fourth-order valence-corrected chi connectivity index (χ4v) is 2.38. The largest absolute Gasteiger partial charge is 0.398 e. The van der Waals surface area contributed by atoms with E-state index >= 15 is 0 Å². The Hall–Kier alpha value is -2.38. The van der Waals surface area contributed by atoms with Crippen molar-refractivity contribution in [1.82, 2.24) is 0 Å². The molecule has 0 aliphatic heterocycles. The van der Waals surface area contributed by atoms with Gasteiger partial charge in [-0.05, 0) is 29.8 Å². The van der Waals surface area contributed by atoms with Crippen LogP contribution < -0.4 is 16.2 Å². The van der Waals surface area contributed by atoms with Crippen LogP contribution in [0.5, 0.6) is 0 Å². The molecule has 0 radical (unpaired) electrons. The number of hydrogen-bond donors (Lipinski definition) is 3. The molecule has 2 aromatic rings. The van der Waals surface area contributed by atoms with Crippen LogP contribution >= 0.6 is 0 Å². The number of carbonyl (C=O) groups excluding carboxylic acids is 1. The van der Waals surface area contributed by atoms with Gasteiger partial charge in [0.2, 0.25) is 15.9 Å². The highest BCUT2D eigenvalue weighted by Crippen LogP contribution is 2.16. The van der Waals surface area contributed by atoms with E-state index < -0.39 is 10.0 Å². The topological polar surface area (TPSA) is 115 Å². The molecule has 1 amide bonds. The van der Waals surface area contributed by atoms with Gasteiger partial charge in [0.15, 0.2) is 0 Å². The van der Waals surface area contributed by atoms with Crippen molar-refractivity contribution in [3.05, 3.63) is 54.1 Å². The molecule has 0 bridgehead atoms. The molecule has 0 saturated carbocycles. The zero-order valence-electron chi connectivity index (χ0n) is 11.1. The Labute approximate surface area is 122 Å². The van der Waals surface area contributed by atoms with Crippen LogP contribution in [-0.2, 0) is 21.2 Å². The number of nitrogen functional groups attached to an aromatic ring is 1. The second kappa shape index (κ2) is 5.94. The number of hydrogen-bond acceptors (Lipinski definition) is 4. The summed E-state index contributed by atoms with van der Waals surface area (Å²) in [6, 6.07) is 12.8. The number of rotatable bonds is 4. The molecule has 0 aliphatic rings. The minimum Gasteiger partial charge on any atom is -0.398 e. The Morgan fingerprint density at radius 2 is 1.81 bits per heavy atom. The maximum atomic E-state index is 11.9. The number of nitrogens with two attached hydrogens (primary N) is 2. The molecule has 6 nitrogen and oxygen atoms in total. The number of carbonyl (C=O) groups is 1. The fraction of sp³-hybridized carbons (Fsp3) is 0.0714. The quantitative estimate of drug-likeness (QED) is 0.733. The smallest absolute Gasteiger partial charge is 0.238 e. The first-order valence-electron chi connectivity index (χ1n) is 6.12. The maximum Gasteiger partial charge on any atom is 0.238 e. The van der Waals surface area contributed by atoms with Gasteiger partial charge in [0.25, 0.3) is 0 Å². The van der Waals surface area contributed by atoms with E-state index in [1.54, 1.807) is 30.3 Å². The van der Waals surface area contributed by atoms with Crippen molar-refractivity contribution in [2.45, 2.75) is 11.3 Å². The lowest BCUT2D eigenvalue weighted by molar-refractivity contribution is -0.115. The minimum atomic E-state index is -3.80. The van der Waals surface area contributed by atoms with Gasteiger partial charge in [0.05, 0.1) is 11.3 Å². The Balaban J connectivity index is 2.12. The van der Waals surface area contributed by atoms with Crippen LogP contribution in [0.15, 0.2) is 53.4 Å². The summed E-state index contributed by atoms with van der Waals surface area (Å²) >= 11 is 0. The third-order valence-electron chi connectivity index (χ3n) is 2.85. The number of para-hydroxylation sites is 1. The predicted molar refractivity (Wildman–Crippen MR) is 81.0 cm³/mol. The molecule has 2 aromatic carbocycles. The summed E-state index contributed by atoms with van der Waals surface area (Å²) in [7, 11) is -3.80. The van der Waals surface area contributed by atoms with Crippen molar-refractivity contribution in [2.75, 3.05) is 11.1 Å². The average molecular weight is 305 g/mol. The molecule has 2 rings (SSSR count). The van der Waals surface area contributed by atoms with Crippen LogP contribution in [0.3, 0.4) is 0 Å². The number of sulfonamides is 1. The minimum absolute atomic E-state index is 0.0560. The maximum absolute atomic E-state index is 11.9. The van der Waals surface area contributed by atoms with E-state index in [0.29, 0.717) is 16.9 Å². The Kier molecular flexibility index (Phi) is 4.25. The number of benzene rings is 2. The third kappa shape index (κ3) is 4.04. The van der Waals surface area contributed by atoms with E-state index in [4.69, 9.17) is 10.9 Å². The van der Waals surface area contributed by atoms with Crippen LogP contribution in [0.4, 0.5) is 11.4 Å². The molecule has 0 fully saturated rings. The van der Waals surface area contributed by atoms with Gasteiger partial charge < -0.3 is 11.1 Å². The molecule has 0 unspecified atom stereocenters. The van der Waals surface area contributed by atoms with Crippen molar-refractivity contribution < 1.29 is 13.2 Å². The zero-order chi connectivity index (χ0) is 15.5. The molecular formula is C14H15N3O3S. The molecule has 0 saturated heterocycles. The van der Waals surface area contributed by atoms with Gasteiger partial charge in [-0.2, -0.15) is 0 Å². The molecule has 21 heavy (non-hydrogen) atoms. The van der Waals surface area contributed by atoms with E-state index in [0.717, 1.165) is 0 Å². The van der Waals surface area contributed by atoms with Gasteiger partial charge in [-0.15, -0.1) is 0 Å². The number of primary sulfonamides is 1. The van der Waals surface area contributed by atoms with Crippen molar-refractivity contribution in [3.63, 3.8) is 0 Å². The van der Waals surface area contributed by atoms with Gasteiger partial charge in [0, 0.05) is 11.4 Å². The lowest BCUT2D eigenvalue weighted by atomic mass is 10.1. The molecule has 0 aromatic heterocycles. The first kappa shape index (κ1) is 15.0. The first-order chi connectivity index (χ1) is 9.86. The lowest BCUT2D eigenvalue weighted by Crippen LogP contribution is -2.16. The number of nitrogens with one attached hydrogen (secondary N) is 1. The number of anilines is 2. The van der Waals surface area contributed by atoms with Crippen LogP contribution in [0.2, 0.25) is 0 Å². The summed E-state index contributed by atoms with van der Waals surface area (Å²) in [5.41, 5.74) is 7.37. The second-order valence-electron chi connectivity index (χ2n) is 4.50. The van der Waals surface area contributed by atoms with E-state index in [9.17, 15) is 13.2 Å². The highest BCUT2D eigenvalue weighted by Gasteiger charge is 2.10. The van der Waals surface area contributed by atoms with Gasteiger partial charge >= 0.3 is 0 Å². The van der Waals surface area contributed by atoms with Crippen LogP contribution in [0, 0.1) is 0 Å². The molecule has 5 N–H and O–H groups in total. The van der Waals surface area contributed by atoms with Crippen molar-refractivity contribution >= 4 is 27.3 Å². The summed E-state index contributed by atoms with van der Waals surface area (Å²) in [6.07, 6.45) is 0.103.